The molecule has 4 rings (SSSR count). The number of hydrogen-bond acceptors (Lipinski definition) is 4. The molecular weight excluding hydrogens is 643 g/mol. The van der Waals surface area contributed by atoms with Crippen LogP contribution in [0.2, 0.25) is 0 Å². The first kappa shape index (κ1) is 22.3. The Balaban J connectivity index is 1.55. The SMILES string of the molecule is O=C1S/C(=C\c2cc(I)c(OCc3cccc(F)c3)c(I)c2)C(=O)N1c1ccccc1. The highest BCUT2D eigenvalue weighted by atomic mass is 127. The van der Waals surface area contributed by atoms with E-state index in [-0.39, 0.29) is 23.6 Å². The van der Waals surface area contributed by atoms with Gasteiger partial charge in [-0.3, -0.25) is 9.59 Å². The van der Waals surface area contributed by atoms with Crippen LogP contribution in [0.4, 0.5) is 14.9 Å². The molecule has 1 aliphatic rings. The molecule has 0 N–H and O–H groups in total. The van der Waals surface area contributed by atoms with Gasteiger partial charge in [0, 0.05) is 0 Å². The number of amides is 2. The topological polar surface area (TPSA) is 46.6 Å². The number of thioether (sulfide) groups is 1. The van der Waals surface area contributed by atoms with Crippen LogP contribution in [0.25, 0.3) is 6.08 Å². The summed E-state index contributed by atoms with van der Waals surface area (Å²) < 4.78 is 21.0. The maximum atomic E-state index is 13.4. The molecule has 4 nitrogen and oxygen atoms in total. The molecule has 2 amide bonds. The van der Waals surface area contributed by atoms with Crippen molar-refractivity contribution in [2.75, 3.05) is 4.90 Å². The van der Waals surface area contributed by atoms with Crippen LogP contribution in [0.3, 0.4) is 0 Å². The van der Waals surface area contributed by atoms with Crippen LogP contribution in [0.5, 0.6) is 5.75 Å². The van der Waals surface area contributed by atoms with Crippen molar-refractivity contribution in [2.24, 2.45) is 0 Å². The van der Waals surface area contributed by atoms with E-state index < -0.39 is 0 Å². The van der Waals surface area contributed by atoms with Gasteiger partial charge in [-0.15, -0.1) is 0 Å². The zero-order chi connectivity index (χ0) is 22.0. The number of carbonyl (C=O) groups is 2. The van der Waals surface area contributed by atoms with Crippen molar-refractivity contribution < 1.29 is 18.7 Å². The maximum absolute atomic E-state index is 13.4. The van der Waals surface area contributed by atoms with Crippen molar-refractivity contribution in [1.82, 2.24) is 0 Å². The predicted molar refractivity (Wildman–Crippen MR) is 137 cm³/mol. The quantitative estimate of drug-likeness (QED) is 0.223. The number of halogens is 3. The summed E-state index contributed by atoms with van der Waals surface area (Å²) in [6, 6.07) is 18.9. The fraction of sp³-hybridized carbons (Fsp3) is 0.0435. The molecule has 0 saturated carbocycles. The number of imide groups is 1. The van der Waals surface area contributed by atoms with E-state index in [1.54, 1.807) is 42.5 Å². The number of hydrogen-bond donors (Lipinski definition) is 0. The van der Waals surface area contributed by atoms with Crippen LogP contribution in [0.15, 0.2) is 71.6 Å². The third-order valence-electron chi connectivity index (χ3n) is 4.40. The Labute approximate surface area is 210 Å². The summed E-state index contributed by atoms with van der Waals surface area (Å²) in [5.41, 5.74) is 2.09. The first-order valence-electron chi connectivity index (χ1n) is 9.11. The second kappa shape index (κ2) is 9.70. The Morgan fingerprint density at radius 2 is 1.68 bits per heavy atom. The molecule has 0 atom stereocenters. The van der Waals surface area contributed by atoms with Gasteiger partial charge >= 0.3 is 0 Å². The van der Waals surface area contributed by atoms with E-state index >= 15 is 0 Å². The first-order chi connectivity index (χ1) is 14.9. The maximum Gasteiger partial charge on any atom is 0.298 e. The van der Waals surface area contributed by atoms with Gasteiger partial charge in [0.1, 0.15) is 18.2 Å². The molecule has 156 valence electrons. The molecule has 31 heavy (non-hydrogen) atoms. The van der Waals surface area contributed by atoms with Crippen LogP contribution in [0.1, 0.15) is 11.1 Å². The molecule has 0 spiro atoms. The van der Waals surface area contributed by atoms with E-state index in [1.165, 1.54) is 17.0 Å². The molecule has 0 unspecified atom stereocenters. The summed E-state index contributed by atoms with van der Waals surface area (Å²) in [6.07, 6.45) is 1.72. The van der Waals surface area contributed by atoms with E-state index in [0.29, 0.717) is 16.3 Å². The van der Waals surface area contributed by atoms with Gasteiger partial charge in [-0.1, -0.05) is 30.3 Å². The lowest BCUT2D eigenvalue weighted by Gasteiger charge is -2.12. The zero-order valence-corrected chi connectivity index (χ0v) is 21.0. The summed E-state index contributed by atoms with van der Waals surface area (Å²) in [4.78, 5) is 26.7. The normalized spacial score (nSPS) is 15.1. The number of anilines is 1. The summed E-state index contributed by atoms with van der Waals surface area (Å²) in [7, 11) is 0. The Hall–Kier alpha value is -1.92. The van der Waals surface area contributed by atoms with Crippen molar-refractivity contribution in [2.45, 2.75) is 6.61 Å². The van der Waals surface area contributed by atoms with Crippen LogP contribution in [-0.4, -0.2) is 11.1 Å². The molecule has 1 fully saturated rings. The van der Waals surface area contributed by atoms with E-state index in [9.17, 15) is 14.0 Å². The Bertz CT molecular complexity index is 1180. The van der Waals surface area contributed by atoms with Gasteiger partial charge in [0.25, 0.3) is 11.1 Å². The number of para-hydroxylation sites is 1. The van der Waals surface area contributed by atoms with Crippen LogP contribution >= 0.6 is 56.9 Å². The number of ether oxygens (including phenoxy) is 1. The lowest BCUT2D eigenvalue weighted by molar-refractivity contribution is -0.113. The van der Waals surface area contributed by atoms with Crippen molar-refractivity contribution >= 4 is 79.9 Å². The molecule has 0 aliphatic carbocycles. The van der Waals surface area contributed by atoms with Gasteiger partial charge in [-0.05, 0) is 111 Å². The van der Waals surface area contributed by atoms with E-state index in [2.05, 4.69) is 45.2 Å². The predicted octanol–water partition coefficient (Wildman–Crippen LogP) is 6.85. The minimum atomic E-state index is -0.336. The van der Waals surface area contributed by atoms with Gasteiger partial charge < -0.3 is 4.74 Å². The van der Waals surface area contributed by atoms with Crippen molar-refractivity contribution in [3.05, 3.63) is 95.7 Å². The van der Waals surface area contributed by atoms with E-state index in [0.717, 1.165) is 30.0 Å². The Kier molecular flexibility index (Phi) is 6.97. The second-order valence-electron chi connectivity index (χ2n) is 6.58. The van der Waals surface area contributed by atoms with Crippen molar-refractivity contribution in [3.8, 4) is 5.75 Å². The number of nitrogens with zero attached hydrogens (tertiary/aromatic N) is 1. The lowest BCUT2D eigenvalue weighted by Crippen LogP contribution is -2.27. The van der Waals surface area contributed by atoms with Crippen molar-refractivity contribution in [3.63, 3.8) is 0 Å². The van der Waals surface area contributed by atoms with Crippen molar-refractivity contribution in [1.29, 1.82) is 0 Å². The largest absolute Gasteiger partial charge is 0.487 e. The number of rotatable bonds is 5. The Morgan fingerprint density at radius 1 is 0.968 bits per heavy atom. The monoisotopic (exact) mass is 657 g/mol. The standard InChI is InChI=1S/C23H14FI2NO3S/c24-16-6-4-5-14(9-16)13-30-21-18(25)10-15(11-19(21)26)12-20-22(28)27(23(29)31-20)17-7-2-1-3-8-17/h1-12H,13H2/b20-12-. The second-order valence-corrected chi connectivity index (χ2v) is 9.90. The summed E-state index contributed by atoms with van der Waals surface area (Å²) in [6.45, 7) is 0.249. The van der Waals surface area contributed by atoms with Crippen LogP contribution in [0, 0.1) is 13.0 Å². The van der Waals surface area contributed by atoms with Crippen LogP contribution < -0.4 is 9.64 Å². The fourth-order valence-electron chi connectivity index (χ4n) is 3.00. The minimum absolute atomic E-state index is 0.249. The van der Waals surface area contributed by atoms with E-state index in [1.807, 2.05) is 18.2 Å². The first-order valence-corrected chi connectivity index (χ1v) is 12.1. The van der Waals surface area contributed by atoms with E-state index in [4.69, 9.17) is 4.74 Å². The average Bonchev–Trinajstić information content (AvgIpc) is 3.01. The molecule has 8 heteroatoms. The molecule has 1 aliphatic heterocycles. The molecule has 1 heterocycles. The summed E-state index contributed by atoms with van der Waals surface area (Å²) in [5, 5.41) is -0.318. The molecule has 3 aromatic carbocycles. The summed E-state index contributed by atoms with van der Waals surface area (Å²) in [5.74, 6) is 0.0583. The smallest absolute Gasteiger partial charge is 0.298 e. The van der Waals surface area contributed by atoms with Gasteiger partial charge in [0.2, 0.25) is 0 Å². The highest BCUT2D eigenvalue weighted by Crippen LogP contribution is 2.37. The molecule has 0 bridgehead atoms. The van der Waals surface area contributed by atoms with Crippen LogP contribution in [-0.2, 0) is 11.4 Å². The third kappa shape index (κ3) is 5.12. The van der Waals surface area contributed by atoms with Gasteiger partial charge in [-0.2, -0.15) is 0 Å². The Morgan fingerprint density at radius 3 is 2.35 bits per heavy atom. The molecule has 0 aromatic heterocycles. The number of carbonyl (C=O) groups excluding carboxylic acids is 2. The highest BCUT2D eigenvalue weighted by Gasteiger charge is 2.36. The zero-order valence-electron chi connectivity index (χ0n) is 15.8. The fourth-order valence-corrected chi connectivity index (χ4v) is 5.97. The van der Waals surface area contributed by atoms with Gasteiger partial charge in [-0.25, -0.2) is 9.29 Å². The molecule has 0 radical (unpaired) electrons. The van der Waals surface area contributed by atoms with Gasteiger partial charge in [0.05, 0.1) is 17.7 Å². The van der Waals surface area contributed by atoms with Gasteiger partial charge in [0.15, 0.2) is 0 Å². The molecular formula is C23H14FI2NO3S. The minimum Gasteiger partial charge on any atom is -0.487 e. The molecule has 3 aromatic rings. The summed E-state index contributed by atoms with van der Waals surface area (Å²) >= 11 is 5.26. The highest BCUT2D eigenvalue weighted by molar-refractivity contribution is 14.1. The average molecular weight is 657 g/mol. The lowest BCUT2D eigenvalue weighted by atomic mass is 10.2. The number of benzene rings is 3. The molecule has 1 saturated heterocycles. The third-order valence-corrected chi connectivity index (χ3v) is 6.87.